The van der Waals surface area contributed by atoms with Gasteiger partial charge in [0.25, 0.3) is 0 Å². The Bertz CT molecular complexity index is 584. The van der Waals surface area contributed by atoms with Crippen LogP contribution in [0, 0.1) is 25.7 Å². The first-order chi connectivity index (χ1) is 10.6. The smallest absolute Gasteiger partial charge is 0.151 e. The van der Waals surface area contributed by atoms with Gasteiger partial charge in [0.05, 0.1) is 0 Å². The molecule has 2 atom stereocenters. The molecule has 1 heterocycles. The predicted molar refractivity (Wildman–Crippen MR) is 84.9 cm³/mol. The Morgan fingerprint density at radius 2 is 1.86 bits per heavy atom. The highest BCUT2D eigenvalue weighted by molar-refractivity contribution is 6.14. The number of aryl methyl sites for hydroxylation is 2. The summed E-state index contributed by atoms with van der Waals surface area (Å²) in [6, 6.07) is 6.05. The third-order valence-corrected chi connectivity index (χ3v) is 5.16. The van der Waals surface area contributed by atoms with Crippen LogP contribution in [0.4, 0.5) is 0 Å². The molecule has 0 bridgehead atoms. The molecule has 1 aromatic rings. The normalized spacial score (nSPS) is 26.6. The number of hydrogen-bond donors (Lipinski definition) is 0. The van der Waals surface area contributed by atoms with Crippen molar-refractivity contribution in [2.45, 2.75) is 45.4 Å². The number of ether oxygens (including phenoxy) is 1. The van der Waals surface area contributed by atoms with Crippen molar-refractivity contribution in [1.29, 1.82) is 0 Å². The quantitative estimate of drug-likeness (QED) is 0.804. The van der Waals surface area contributed by atoms with Gasteiger partial charge in [-0.2, -0.15) is 0 Å². The van der Waals surface area contributed by atoms with E-state index in [9.17, 15) is 9.59 Å². The highest BCUT2D eigenvalue weighted by atomic mass is 16.5. The van der Waals surface area contributed by atoms with E-state index in [0.717, 1.165) is 49.2 Å². The topological polar surface area (TPSA) is 43.4 Å². The van der Waals surface area contributed by atoms with Gasteiger partial charge in [-0.25, -0.2) is 0 Å². The van der Waals surface area contributed by atoms with Gasteiger partial charge in [-0.3, -0.25) is 9.59 Å². The van der Waals surface area contributed by atoms with E-state index < -0.39 is 5.92 Å². The van der Waals surface area contributed by atoms with Gasteiger partial charge in [0, 0.05) is 25.6 Å². The largest absolute Gasteiger partial charge is 0.381 e. The molecular formula is C19H24O3. The lowest BCUT2D eigenvalue weighted by Gasteiger charge is -2.24. The van der Waals surface area contributed by atoms with E-state index in [2.05, 4.69) is 0 Å². The fourth-order valence-corrected chi connectivity index (χ4v) is 3.84. The summed E-state index contributed by atoms with van der Waals surface area (Å²) in [7, 11) is 0. The van der Waals surface area contributed by atoms with E-state index in [0.29, 0.717) is 12.3 Å². The Morgan fingerprint density at radius 3 is 2.59 bits per heavy atom. The molecule has 1 saturated heterocycles. The zero-order valence-electron chi connectivity index (χ0n) is 13.4. The number of carbonyl (C=O) groups is 2. The summed E-state index contributed by atoms with van der Waals surface area (Å²) in [6.45, 7) is 5.58. The third-order valence-electron chi connectivity index (χ3n) is 5.16. The Morgan fingerprint density at radius 1 is 1.14 bits per heavy atom. The van der Waals surface area contributed by atoms with Crippen molar-refractivity contribution in [1.82, 2.24) is 0 Å². The lowest BCUT2D eigenvalue weighted by Crippen LogP contribution is -2.22. The molecule has 3 rings (SSSR count). The number of ketones is 2. The molecule has 2 unspecified atom stereocenters. The highest BCUT2D eigenvalue weighted by Crippen LogP contribution is 2.38. The Balaban J connectivity index is 1.77. The van der Waals surface area contributed by atoms with Gasteiger partial charge in [-0.15, -0.1) is 0 Å². The summed E-state index contributed by atoms with van der Waals surface area (Å²) in [4.78, 5) is 25.3. The molecule has 2 aliphatic rings. The van der Waals surface area contributed by atoms with Crippen molar-refractivity contribution < 1.29 is 14.3 Å². The molecule has 0 radical (unpaired) electrons. The Labute approximate surface area is 132 Å². The maximum absolute atomic E-state index is 12.8. The van der Waals surface area contributed by atoms with Crippen LogP contribution < -0.4 is 0 Å². The molecule has 0 amide bonds. The first-order valence-electron chi connectivity index (χ1n) is 8.27. The molecule has 3 nitrogen and oxygen atoms in total. The average molecular weight is 300 g/mol. The molecule has 0 aromatic heterocycles. The predicted octanol–water partition coefficient (Wildman–Crippen LogP) is 3.36. The first-order valence-corrected chi connectivity index (χ1v) is 8.27. The van der Waals surface area contributed by atoms with Gasteiger partial charge in [-0.1, -0.05) is 23.8 Å². The Kier molecular flexibility index (Phi) is 4.44. The van der Waals surface area contributed by atoms with Crippen molar-refractivity contribution in [3.8, 4) is 0 Å². The number of Topliss-reactive ketones (excluding diaryl/α,β-unsaturated/α-hetero) is 2. The molecule has 1 saturated carbocycles. The molecule has 0 N–H and O–H groups in total. The monoisotopic (exact) mass is 300 g/mol. The molecule has 118 valence electrons. The average Bonchev–Trinajstić information content (AvgIpc) is 2.77. The van der Waals surface area contributed by atoms with Crippen molar-refractivity contribution in [2.75, 3.05) is 13.2 Å². The molecule has 22 heavy (non-hydrogen) atoms. The summed E-state index contributed by atoms with van der Waals surface area (Å²) < 4.78 is 5.38. The maximum atomic E-state index is 12.8. The van der Waals surface area contributed by atoms with Crippen LogP contribution in [-0.4, -0.2) is 24.8 Å². The fourth-order valence-electron chi connectivity index (χ4n) is 3.84. The van der Waals surface area contributed by atoms with Gasteiger partial charge >= 0.3 is 0 Å². The zero-order valence-corrected chi connectivity index (χ0v) is 13.4. The number of benzene rings is 1. The van der Waals surface area contributed by atoms with Gasteiger partial charge in [0.1, 0.15) is 11.7 Å². The van der Waals surface area contributed by atoms with Crippen molar-refractivity contribution in [2.24, 2.45) is 11.8 Å². The first kappa shape index (κ1) is 15.4. The van der Waals surface area contributed by atoms with Crippen molar-refractivity contribution >= 4 is 11.6 Å². The van der Waals surface area contributed by atoms with E-state index in [1.807, 2.05) is 32.0 Å². The second-order valence-electron chi connectivity index (χ2n) is 6.85. The summed E-state index contributed by atoms with van der Waals surface area (Å²) >= 11 is 0. The van der Waals surface area contributed by atoms with Crippen LogP contribution in [0.15, 0.2) is 18.2 Å². The second kappa shape index (κ2) is 6.33. The van der Waals surface area contributed by atoms with Crippen molar-refractivity contribution in [3.05, 3.63) is 34.9 Å². The van der Waals surface area contributed by atoms with Gasteiger partial charge in [0.15, 0.2) is 5.78 Å². The van der Waals surface area contributed by atoms with Gasteiger partial charge < -0.3 is 4.74 Å². The van der Waals surface area contributed by atoms with E-state index in [1.54, 1.807) is 0 Å². The number of rotatable bonds is 3. The lowest BCUT2D eigenvalue weighted by atomic mass is 9.85. The van der Waals surface area contributed by atoms with Crippen molar-refractivity contribution in [3.63, 3.8) is 0 Å². The standard InChI is InChI=1S/C19H24O3/c1-12-3-4-13(2)16(9-12)18-17(20)11-15(19(18)21)10-14-5-7-22-8-6-14/h3-4,9,14-15,18H,5-8,10-11H2,1-2H3. The Hall–Kier alpha value is -1.48. The van der Waals surface area contributed by atoms with Crippen LogP contribution >= 0.6 is 0 Å². The maximum Gasteiger partial charge on any atom is 0.151 e. The van der Waals surface area contributed by atoms with E-state index in [1.165, 1.54) is 0 Å². The van der Waals surface area contributed by atoms with E-state index >= 15 is 0 Å². The molecule has 1 aliphatic carbocycles. The number of hydrogen-bond acceptors (Lipinski definition) is 3. The van der Waals surface area contributed by atoms with Gasteiger partial charge in [0.2, 0.25) is 0 Å². The molecule has 0 spiro atoms. The zero-order chi connectivity index (χ0) is 15.7. The minimum Gasteiger partial charge on any atom is -0.381 e. The summed E-state index contributed by atoms with van der Waals surface area (Å²) in [5.41, 5.74) is 3.07. The summed E-state index contributed by atoms with van der Waals surface area (Å²) in [6.07, 6.45) is 3.32. The minimum atomic E-state index is -0.523. The van der Waals surface area contributed by atoms with Crippen LogP contribution in [0.1, 0.15) is 48.3 Å². The second-order valence-corrected chi connectivity index (χ2v) is 6.85. The molecule has 1 aromatic carbocycles. The minimum absolute atomic E-state index is 0.0829. The third kappa shape index (κ3) is 3.00. The lowest BCUT2D eigenvalue weighted by molar-refractivity contribution is -0.125. The van der Waals surface area contributed by atoms with Crippen LogP contribution in [0.3, 0.4) is 0 Å². The number of carbonyl (C=O) groups excluding carboxylic acids is 2. The van der Waals surface area contributed by atoms with Crippen LogP contribution in [0.2, 0.25) is 0 Å². The van der Waals surface area contributed by atoms with Crippen LogP contribution in [-0.2, 0) is 14.3 Å². The summed E-state index contributed by atoms with van der Waals surface area (Å²) in [5, 5.41) is 0. The molecule has 1 aliphatic heterocycles. The van der Waals surface area contributed by atoms with Crippen LogP contribution in [0.25, 0.3) is 0 Å². The summed E-state index contributed by atoms with van der Waals surface area (Å²) in [5.74, 6) is 0.180. The van der Waals surface area contributed by atoms with Gasteiger partial charge in [-0.05, 0) is 50.2 Å². The SMILES string of the molecule is Cc1ccc(C)c(C2C(=O)CC(CC3CCOCC3)C2=O)c1. The van der Waals surface area contributed by atoms with Crippen LogP contribution in [0.5, 0.6) is 0 Å². The molecular weight excluding hydrogens is 276 g/mol. The highest BCUT2D eigenvalue weighted by Gasteiger charge is 2.43. The van der Waals surface area contributed by atoms with E-state index in [-0.39, 0.29) is 17.5 Å². The molecule has 3 heteroatoms. The molecule has 2 fully saturated rings. The fraction of sp³-hybridized carbons (Fsp3) is 0.579. The van der Waals surface area contributed by atoms with E-state index in [4.69, 9.17) is 4.74 Å².